The molecular weight excluding hydrogens is 281 g/mol. The van der Waals surface area contributed by atoms with Crippen LogP contribution >= 0.6 is 34.8 Å². The van der Waals surface area contributed by atoms with Crippen LogP contribution in [0.25, 0.3) is 0 Å². The van der Waals surface area contributed by atoms with Crippen LogP contribution in [0.15, 0.2) is 23.2 Å². The number of guanidine groups is 1. The normalized spacial score (nSPS) is 16.9. The average Bonchev–Trinajstić information content (AvgIpc) is 2.72. The van der Waals surface area contributed by atoms with Crippen molar-refractivity contribution in [2.75, 3.05) is 18.4 Å². The summed E-state index contributed by atoms with van der Waals surface area (Å²) in [6.45, 7) is 3.43. The zero-order valence-electron chi connectivity index (χ0n) is 9.25. The number of hydrogen-bond donors (Lipinski definition) is 1. The second-order valence-electron chi connectivity index (χ2n) is 3.69. The van der Waals surface area contributed by atoms with E-state index >= 15 is 0 Å². The van der Waals surface area contributed by atoms with Crippen molar-refractivity contribution in [3.63, 3.8) is 0 Å². The maximum Gasteiger partial charge on any atom is 0.199 e. The minimum Gasteiger partial charge on any atom is -0.325 e. The first-order valence-electron chi connectivity index (χ1n) is 5.26. The second kappa shape index (κ2) is 5.34. The molecule has 1 aliphatic rings. The molecule has 1 aromatic carbocycles. The molecule has 1 atom stereocenters. The van der Waals surface area contributed by atoms with Gasteiger partial charge in [-0.3, -0.25) is 4.99 Å². The van der Waals surface area contributed by atoms with Gasteiger partial charge in [0.1, 0.15) is 5.50 Å². The lowest BCUT2D eigenvalue weighted by atomic mass is 10.3. The number of para-hydroxylation sites is 1. The second-order valence-corrected chi connectivity index (χ2v) is 5.14. The lowest BCUT2D eigenvalue weighted by molar-refractivity contribution is 0.444. The van der Waals surface area contributed by atoms with Crippen LogP contribution in [0.2, 0.25) is 10.0 Å². The monoisotopic (exact) mass is 291 g/mol. The molecule has 0 saturated carbocycles. The van der Waals surface area contributed by atoms with Crippen molar-refractivity contribution in [3.05, 3.63) is 28.2 Å². The van der Waals surface area contributed by atoms with Gasteiger partial charge in [-0.05, 0) is 19.1 Å². The Morgan fingerprint density at radius 3 is 2.59 bits per heavy atom. The fourth-order valence-electron chi connectivity index (χ4n) is 1.65. The van der Waals surface area contributed by atoms with Crippen LogP contribution in [0.5, 0.6) is 0 Å². The minimum atomic E-state index is -0.120. The molecule has 0 bridgehead atoms. The van der Waals surface area contributed by atoms with E-state index in [1.807, 2.05) is 11.8 Å². The number of aliphatic imine (C=N–C) groups is 1. The predicted octanol–water partition coefficient (Wildman–Crippen LogP) is 3.66. The summed E-state index contributed by atoms with van der Waals surface area (Å²) in [4.78, 5) is 6.31. The molecule has 1 aromatic rings. The van der Waals surface area contributed by atoms with E-state index in [4.69, 9.17) is 34.8 Å². The largest absolute Gasteiger partial charge is 0.325 e. The van der Waals surface area contributed by atoms with Gasteiger partial charge in [0, 0.05) is 6.54 Å². The quantitative estimate of drug-likeness (QED) is 0.665. The predicted molar refractivity (Wildman–Crippen MR) is 74.4 cm³/mol. The molecule has 0 spiro atoms. The summed E-state index contributed by atoms with van der Waals surface area (Å²) in [6.07, 6.45) is 0. The number of anilines is 1. The van der Waals surface area contributed by atoms with E-state index in [1.54, 1.807) is 18.2 Å². The molecule has 1 aliphatic heterocycles. The summed E-state index contributed by atoms with van der Waals surface area (Å²) in [5.41, 5.74) is 0.545. The summed E-state index contributed by atoms with van der Waals surface area (Å²) in [6, 6.07) is 5.35. The van der Waals surface area contributed by atoms with Crippen molar-refractivity contribution in [2.45, 2.75) is 12.4 Å². The van der Waals surface area contributed by atoms with Crippen molar-refractivity contribution >= 4 is 46.4 Å². The van der Waals surface area contributed by atoms with Crippen LogP contribution < -0.4 is 5.32 Å². The lowest BCUT2D eigenvalue weighted by Gasteiger charge is -2.24. The Kier molecular flexibility index (Phi) is 4.02. The molecule has 0 aromatic heterocycles. The maximum atomic E-state index is 6.08. The maximum absolute atomic E-state index is 6.08. The first-order chi connectivity index (χ1) is 8.09. The van der Waals surface area contributed by atoms with Crippen LogP contribution in [0, 0.1) is 0 Å². The van der Waals surface area contributed by atoms with Crippen LogP contribution in [0.1, 0.15) is 6.92 Å². The number of nitrogens with one attached hydrogen (secondary N) is 1. The number of nitrogens with zero attached hydrogens (tertiary/aromatic N) is 2. The van der Waals surface area contributed by atoms with E-state index in [2.05, 4.69) is 10.3 Å². The summed E-state index contributed by atoms with van der Waals surface area (Å²) in [5.74, 6) is 0.711. The highest BCUT2D eigenvalue weighted by Crippen LogP contribution is 2.30. The van der Waals surface area contributed by atoms with Gasteiger partial charge in [0.05, 0.1) is 22.3 Å². The Morgan fingerprint density at radius 2 is 2.00 bits per heavy atom. The molecule has 3 nitrogen and oxygen atoms in total. The third-order valence-corrected chi connectivity index (χ3v) is 3.37. The molecule has 1 unspecified atom stereocenters. The van der Waals surface area contributed by atoms with Crippen molar-refractivity contribution in [1.29, 1.82) is 0 Å². The van der Waals surface area contributed by atoms with Crippen LogP contribution in [0.4, 0.5) is 5.69 Å². The highest BCUT2D eigenvalue weighted by molar-refractivity contribution is 6.39. The Morgan fingerprint density at radius 1 is 1.35 bits per heavy atom. The summed E-state index contributed by atoms with van der Waals surface area (Å²) in [5, 5.41) is 4.26. The van der Waals surface area contributed by atoms with Gasteiger partial charge >= 0.3 is 0 Å². The molecule has 2 rings (SSSR count). The molecule has 0 saturated heterocycles. The first kappa shape index (κ1) is 12.8. The number of benzene rings is 1. The van der Waals surface area contributed by atoms with Gasteiger partial charge in [-0.25, -0.2) is 0 Å². The van der Waals surface area contributed by atoms with E-state index in [1.165, 1.54) is 0 Å². The van der Waals surface area contributed by atoms with Gasteiger partial charge in [-0.2, -0.15) is 0 Å². The molecule has 92 valence electrons. The third kappa shape index (κ3) is 2.79. The van der Waals surface area contributed by atoms with E-state index in [9.17, 15) is 0 Å². The zero-order valence-corrected chi connectivity index (χ0v) is 11.5. The molecule has 0 amide bonds. The standard InChI is InChI=1S/C11H12Cl3N3/c1-7(12)17-6-5-15-11(17)16-10-8(13)3-2-4-9(10)14/h2-4,7H,5-6H2,1H3,(H,15,16). The first-order valence-corrected chi connectivity index (χ1v) is 6.45. The fraction of sp³-hybridized carbons (Fsp3) is 0.364. The van der Waals surface area contributed by atoms with Gasteiger partial charge < -0.3 is 10.2 Å². The van der Waals surface area contributed by atoms with E-state index in [0.29, 0.717) is 21.7 Å². The van der Waals surface area contributed by atoms with E-state index < -0.39 is 0 Å². The topological polar surface area (TPSA) is 27.6 Å². The van der Waals surface area contributed by atoms with E-state index in [-0.39, 0.29) is 5.50 Å². The van der Waals surface area contributed by atoms with Gasteiger partial charge in [0.25, 0.3) is 0 Å². The molecule has 17 heavy (non-hydrogen) atoms. The zero-order chi connectivity index (χ0) is 12.4. The Bertz CT molecular complexity index is 425. The van der Waals surface area contributed by atoms with Crippen molar-refractivity contribution in [2.24, 2.45) is 4.99 Å². The molecule has 0 radical (unpaired) electrons. The molecule has 0 aliphatic carbocycles. The lowest BCUT2D eigenvalue weighted by Crippen LogP contribution is -2.37. The fourth-order valence-corrected chi connectivity index (χ4v) is 2.33. The molecule has 1 heterocycles. The highest BCUT2D eigenvalue weighted by atomic mass is 35.5. The van der Waals surface area contributed by atoms with Crippen molar-refractivity contribution < 1.29 is 0 Å². The summed E-state index contributed by atoms with van der Waals surface area (Å²) in [7, 11) is 0. The summed E-state index contributed by atoms with van der Waals surface area (Å²) < 4.78 is 0. The van der Waals surface area contributed by atoms with Gasteiger partial charge in [0.2, 0.25) is 0 Å². The smallest absolute Gasteiger partial charge is 0.199 e. The van der Waals surface area contributed by atoms with Gasteiger partial charge in [-0.1, -0.05) is 40.9 Å². The number of alkyl halides is 1. The average molecular weight is 293 g/mol. The SMILES string of the molecule is CC(Cl)N1CCN=C1Nc1c(Cl)cccc1Cl. The van der Waals surface area contributed by atoms with Crippen molar-refractivity contribution in [1.82, 2.24) is 4.90 Å². The molecule has 0 fully saturated rings. The number of hydrogen-bond acceptors (Lipinski definition) is 3. The molecular formula is C11H12Cl3N3. The third-order valence-electron chi connectivity index (χ3n) is 2.50. The van der Waals surface area contributed by atoms with Crippen LogP contribution in [-0.2, 0) is 0 Å². The van der Waals surface area contributed by atoms with Gasteiger partial charge in [0.15, 0.2) is 5.96 Å². The number of halogens is 3. The van der Waals surface area contributed by atoms with Crippen LogP contribution in [0.3, 0.4) is 0 Å². The Labute approximate surface area is 115 Å². The molecule has 1 N–H and O–H groups in total. The minimum absolute atomic E-state index is 0.120. The van der Waals surface area contributed by atoms with Crippen molar-refractivity contribution in [3.8, 4) is 0 Å². The highest BCUT2D eigenvalue weighted by Gasteiger charge is 2.22. The summed E-state index contributed by atoms with van der Waals surface area (Å²) >= 11 is 18.2. The Hall–Kier alpha value is -0.640. The van der Waals surface area contributed by atoms with Gasteiger partial charge in [-0.15, -0.1) is 0 Å². The number of rotatable bonds is 2. The van der Waals surface area contributed by atoms with Crippen LogP contribution in [-0.4, -0.2) is 29.4 Å². The van der Waals surface area contributed by atoms with E-state index in [0.717, 1.165) is 13.1 Å². The Balaban J connectivity index is 2.21. The molecule has 6 heteroatoms.